The molecule has 0 heterocycles. The Morgan fingerprint density at radius 2 is 1.83 bits per heavy atom. The first-order valence-electron chi connectivity index (χ1n) is 5.82. The third-order valence-electron chi connectivity index (χ3n) is 2.80. The van der Waals surface area contributed by atoms with E-state index < -0.39 is 0 Å². The summed E-state index contributed by atoms with van der Waals surface area (Å²) < 4.78 is 5.24. The van der Waals surface area contributed by atoms with Crippen LogP contribution in [0.25, 0.3) is 0 Å². The molecule has 1 N–H and O–H groups in total. The summed E-state index contributed by atoms with van der Waals surface area (Å²) in [5, 5.41) is 4.10. The molecule has 0 saturated carbocycles. The predicted octanol–water partition coefficient (Wildman–Crippen LogP) is 4.27. The lowest BCUT2D eigenvalue weighted by Gasteiger charge is -2.09. The minimum Gasteiger partial charge on any atom is -0.496 e. The van der Waals surface area contributed by atoms with Crippen molar-refractivity contribution in [2.45, 2.75) is 13.5 Å². The van der Waals surface area contributed by atoms with Crippen molar-refractivity contribution in [3.05, 3.63) is 58.6 Å². The molecule has 0 aliphatic carbocycles. The number of methoxy groups -OCH3 is 1. The van der Waals surface area contributed by atoms with Gasteiger partial charge < -0.3 is 10.1 Å². The van der Waals surface area contributed by atoms with Gasteiger partial charge in [0.05, 0.1) is 7.11 Å². The van der Waals surface area contributed by atoms with E-state index in [4.69, 9.17) is 16.3 Å². The van der Waals surface area contributed by atoms with E-state index in [1.165, 1.54) is 5.56 Å². The van der Waals surface area contributed by atoms with E-state index in [1.54, 1.807) is 7.11 Å². The summed E-state index contributed by atoms with van der Waals surface area (Å²) in [6, 6.07) is 13.9. The summed E-state index contributed by atoms with van der Waals surface area (Å²) in [4.78, 5) is 0. The van der Waals surface area contributed by atoms with Gasteiger partial charge in [-0.25, -0.2) is 0 Å². The second-order valence-electron chi connectivity index (χ2n) is 4.16. The molecule has 0 atom stereocenters. The lowest BCUT2D eigenvalue weighted by molar-refractivity contribution is 0.411. The van der Waals surface area contributed by atoms with Crippen LogP contribution >= 0.6 is 11.6 Å². The van der Waals surface area contributed by atoms with Crippen molar-refractivity contribution in [3.8, 4) is 5.75 Å². The summed E-state index contributed by atoms with van der Waals surface area (Å²) in [5.41, 5.74) is 3.43. The number of aryl methyl sites for hydroxylation is 1. The van der Waals surface area contributed by atoms with Gasteiger partial charge in [-0.3, -0.25) is 0 Å². The Labute approximate surface area is 113 Å². The van der Waals surface area contributed by atoms with Crippen molar-refractivity contribution in [3.63, 3.8) is 0 Å². The maximum atomic E-state index is 5.84. The van der Waals surface area contributed by atoms with Gasteiger partial charge in [-0.2, -0.15) is 0 Å². The van der Waals surface area contributed by atoms with Crippen LogP contribution in [0.5, 0.6) is 5.75 Å². The maximum absolute atomic E-state index is 5.84. The van der Waals surface area contributed by atoms with Crippen molar-refractivity contribution < 1.29 is 4.74 Å². The largest absolute Gasteiger partial charge is 0.496 e. The second-order valence-corrected chi connectivity index (χ2v) is 4.60. The molecule has 2 nitrogen and oxygen atoms in total. The quantitative estimate of drug-likeness (QED) is 0.888. The number of nitrogens with one attached hydrogen (secondary N) is 1. The second kappa shape index (κ2) is 5.78. The molecule has 0 spiro atoms. The molecule has 0 radical (unpaired) electrons. The third-order valence-corrected chi connectivity index (χ3v) is 3.05. The first-order valence-corrected chi connectivity index (χ1v) is 6.20. The summed E-state index contributed by atoms with van der Waals surface area (Å²) >= 11 is 5.84. The van der Waals surface area contributed by atoms with Crippen LogP contribution in [-0.4, -0.2) is 7.11 Å². The van der Waals surface area contributed by atoms with Gasteiger partial charge in [-0.05, 0) is 48.4 Å². The lowest BCUT2D eigenvalue weighted by Crippen LogP contribution is -2.00. The van der Waals surface area contributed by atoms with Gasteiger partial charge in [0, 0.05) is 17.3 Å². The average molecular weight is 262 g/mol. The number of anilines is 1. The van der Waals surface area contributed by atoms with Crippen molar-refractivity contribution in [1.82, 2.24) is 0 Å². The van der Waals surface area contributed by atoms with E-state index in [2.05, 4.69) is 17.4 Å². The van der Waals surface area contributed by atoms with Crippen LogP contribution in [0.2, 0.25) is 5.02 Å². The molecule has 0 aliphatic heterocycles. The average Bonchev–Trinajstić information content (AvgIpc) is 2.38. The van der Waals surface area contributed by atoms with E-state index in [0.29, 0.717) is 0 Å². The highest BCUT2D eigenvalue weighted by atomic mass is 35.5. The zero-order valence-corrected chi connectivity index (χ0v) is 11.3. The Kier molecular flexibility index (Phi) is 4.11. The summed E-state index contributed by atoms with van der Waals surface area (Å²) in [6.07, 6.45) is 0. The highest BCUT2D eigenvalue weighted by Gasteiger charge is 2.00. The topological polar surface area (TPSA) is 21.3 Å². The molecule has 0 bridgehead atoms. The summed E-state index contributed by atoms with van der Waals surface area (Å²) in [6.45, 7) is 2.83. The van der Waals surface area contributed by atoms with E-state index in [0.717, 1.165) is 28.6 Å². The highest BCUT2D eigenvalue weighted by molar-refractivity contribution is 6.30. The van der Waals surface area contributed by atoms with Gasteiger partial charge in [0.25, 0.3) is 0 Å². The van der Waals surface area contributed by atoms with Crippen LogP contribution in [0.1, 0.15) is 11.1 Å². The Bertz CT molecular complexity index is 523. The smallest absolute Gasteiger partial charge is 0.121 e. The Balaban J connectivity index is 2.02. The number of ether oxygens (including phenoxy) is 1. The zero-order valence-electron chi connectivity index (χ0n) is 10.5. The minimum absolute atomic E-state index is 0.751. The fraction of sp³-hybridized carbons (Fsp3) is 0.200. The third kappa shape index (κ3) is 3.17. The van der Waals surface area contributed by atoms with E-state index in [-0.39, 0.29) is 0 Å². The van der Waals surface area contributed by atoms with E-state index in [1.807, 2.05) is 37.3 Å². The molecule has 0 unspecified atom stereocenters. The normalized spacial score (nSPS) is 10.2. The molecule has 18 heavy (non-hydrogen) atoms. The van der Waals surface area contributed by atoms with Gasteiger partial charge in [0.15, 0.2) is 0 Å². The van der Waals surface area contributed by atoms with Crippen molar-refractivity contribution in [2.24, 2.45) is 0 Å². The molecule has 94 valence electrons. The molecule has 0 amide bonds. The fourth-order valence-electron chi connectivity index (χ4n) is 1.82. The SMILES string of the molecule is COc1ccc(CNc2ccc(Cl)cc2)cc1C. The number of halogens is 1. The molecule has 2 aromatic carbocycles. The van der Waals surface area contributed by atoms with Crippen LogP contribution in [0.3, 0.4) is 0 Å². The molecule has 0 aliphatic rings. The highest BCUT2D eigenvalue weighted by Crippen LogP contribution is 2.19. The Morgan fingerprint density at radius 1 is 1.11 bits per heavy atom. The predicted molar refractivity (Wildman–Crippen MR) is 76.5 cm³/mol. The number of benzene rings is 2. The first-order chi connectivity index (χ1) is 8.69. The minimum atomic E-state index is 0.751. The first kappa shape index (κ1) is 12.8. The molecule has 2 aromatic rings. The maximum Gasteiger partial charge on any atom is 0.121 e. The Hall–Kier alpha value is -1.67. The summed E-state index contributed by atoms with van der Waals surface area (Å²) in [5.74, 6) is 0.922. The number of hydrogen-bond donors (Lipinski definition) is 1. The standard InChI is InChI=1S/C15H16ClNO/c1-11-9-12(3-8-15(11)18-2)10-17-14-6-4-13(16)5-7-14/h3-9,17H,10H2,1-2H3. The Morgan fingerprint density at radius 3 is 2.44 bits per heavy atom. The van der Waals surface area contributed by atoms with Gasteiger partial charge >= 0.3 is 0 Å². The van der Waals surface area contributed by atoms with Crippen LogP contribution in [0.15, 0.2) is 42.5 Å². The van der Waals surface area contributed by atoms with Crippen molar-refractivity contribution in [1.29, 1.82) is 0 Å². The fourth-order valence-corrected chi connectivity index (χ4v) is 1.95. The molecule has 3 heteroatoms. The lowest BCUT2D eigenvalue weighted by atomic mass is 10.1. The van der Waals surface area contributed by atoms with E-state index >= 15 is 0 Å². The molecular weight excluding hydrogens is 246 g/mol. The molecule has 0 fully saturated rings. The van der Waals surface area contributed by atoms with Gasteiger partial charge in [-0.1, -0.05) is 23.7 Å². The number of rotatable bonds is 4. The van der Waals surface area contributed by atoms with Gasteiger partial charge in [0.1, 0.15) is 5.75 Å². The monoisotopic (exact) mass is 261 g/mol. The van der Waals surface area contributed by atoms with Gasteiger partial charge in [-0.15, -0.1) is 0 Å². The number of hydrogen-bond acceptors (Lipinski definition) is 2. The van der Waals surface area contributed by atoms with Crippen molar-refractivity contribution in [2.75, 3.05) is 12.4 Å². The van der Waals surface area contributed by atoms with E-state index in [9.17, 15) is 0 Å². The summed E-state index contributed by atoms with van der Waals surface area (Å²) in [7, 11) is 1.69. The molecule has 0 saturated heterocycles. The van der Waals surface area contributed by atoms with Crippen LogP contribution in [0, 0.1) is 6.92 Å². The molecule has 0 aromatic heterocycles. The van der Waals surface area contributed by atoms with Crippen LogP contribution < -0.4 is 10.1 Å². The van der Waals surface area contributed by atoms with Crippen molar-refractivity contribution >= 4 is 17.3 Å². The van der Waals surface area contributed by atoms with Gasteiger partial charge in [0.2, 0.25) is 0 Å². The zero-order chi connectivity index (χ0) is 13.0. The molecular formula is C15H16ClNO. The molecule has 2 rings (SSSR count). The van der Waals surface area contributed by atoms with Crippen LogP contribution in [-0.2, 0) is 6.54 Å². The van der Waals surface area contributed by atoms with Crippen LogP contribution in [0.4, 0.5) is 5.69 Å².